The first-order valence-electron chi connectivity index (χ1n) is 7.46. The van der Waals surface area contributed by atoms with Crippen LogP contribution in [0.25, 0.3) is 10.1 Å². The standard InChI is InChI=1S/C16H21ClN2OS.ClH/c1-3-19(4-2)11-7-10-18-16(20)15-14(17)12-8-5-6-9-13(12)21-15;/h5-6,8-9H,3-4,7,10-11H2,1-2H3,(H,18,20);1H. The van der Waals surface area contributed by atoms with E-state index in [0.717, 1.165) is 36.1 Å². The van der Waals surface area contributed by atoms with Crippen molar-refractivity contribution in [2.75, 3.05) is 26.2 Å². The van der Waals surface area contributed by atoms with Crippen LogP contribution in [0.4, 0.5) is 0 Å². The molecule has 0 bridgehead atoms. The zero-order valence-corrected chi connectivity index (χ0v) is 15.2. The van der Waals surface area contributed by atoms with Crippen LogP contribution in [-0.4, -0.2) is 32.1 Å². The first kappa shape index (κ1) is 19.2. The minimum Gasteiger partial charge on any atom is -1.00 e. The quantitative estimate of drug-likeness (QED) is 0.647. The summed E-state index contributed by atoms with van der Waals surface area (Å²) in [6.07, 6.45) is 0.991. The fourth-order valence-electron chi connectivity index (χ4n) is 2.38. The Morgan fingerprint density at radius 3 is 2.59 bits per heavy atom. The predicted octanol–water partition coefficient (Wildman–Crippen LogP) is -0.397. The highest BCUT2D eigenvalue weighted by Crippen LogP contribution is 2.34. The van der Waals surface area contributed by atoms with E-state index in [4.69, 9.17) is 11.6 Å². The third kappa shape index (κ3) is 4.59. The summed E-state index contributed by atoms with van der Waals surface area (Å²) in [5, 5.41) is 4.51. The molecule has 2 rings (SSSR count). The molecule has 0 atom stereocenters. The molecule has 0 spiro atoms. The molecule has 0 radical (unpaired) electrons. The minimum atomic E-state index is -0.0595. The number of hydrogen-bond donors (Lipinski definition) is 2. The van der Waals surface area contributed by atoms with Gasteiger partial charge in [-0.25, -0.2) is 0 Å². The average Bonchev–Trinajstić information content (AvgIpc) is 2.85. The van der Waals surface area contributed by atoms with E-state index in [9.17, 15) is 4.79 Å². The van der Waals surface area contributed by atoms with Crippen molar-refractivity contribution in [2.45, 2.75) is 20.3 Å². The highest BCUT2D eigenvalue weighted by Gasteiger charge is 2.16. The molecule has 122 valence electrons. The Balaban J connectivity index is 0.00000242. The number of carbonyl (C=O) groups is 1. The van der Waals surface area contributed by atoms with Crippen LogP contribution < -0.4 is 22.6 Å². The first-order valence-corrected chi connectivity index (χ1v) is 8.65. The number of rotatable bonds is 7. The largest absolute Gasteiger partial charge is 1.00 e. The van der Waals surface area contributed by atoms with E-state index < -0.39 is 0 Å². The zero-order valence-electron chi connectivity index (χ0n) is 12.9. The van der Waals surface area contributed by atoms with Gasteiger partial charge in [0, 0.05) is 23.1 Å². The maximum Gasteiger partial charge on any atom is 0.262 e. The molecule has 3 nitrogen and oxygen atoms in total. The summed E-state index contributed by atoms with van der Waals surface area (Å²) >= 11 is 7.76. The molecule has 0 fully saturated rings. The van der Waals surface area contributed by atoms with Crippen LogP contribution in [0, 0.1) is 0 Å². The van der Waals surface area contributed by atoms with E-state index in [1.165, 1.54) is 11.3 Å². The molecule has 0 aliphatic carbocycles. The summed E-state index contributed by atoms with van der Waals surface area (Å²) < 4.78 is 1.06. The maximum absolute atomic E-state index is 12.2. The Bertz CT molecular complexity index is 611. The van der Waals surface area contributed by atoms with Gasteiger partial charge in [0.2, 0.25) is 0 Å². The Kier molecular flexibility index (Phi) is 8.18. The summed E-state index contributed by atoms with van der Waals surface area (Å²) in [6.45, 7) is 8.43. The molecule has 0 saturated heterocycles. The third-order valence-electron chi connectivity index (χ3n) is 3.73. The molecule has 0 aliphatic rings. The van der Waals surface area contributed by atoms with Gasteiger partial charge in [-0.15, -0.1) is 11.3 Å². The maximum atomic E-state index is 12.2. The smallest absolute Gasteiger partial charge is 0.262 e. The third-order valence-corrected chi connectivity index (χ3v) is 5.41. The normalized spacial score (nSPS) is 10.7. The predicted molar refractivity (Wildman–Crippen MR) is 90.7 cm³/mol. The van der Waals surface area contributed by atoms with Crippen molar-refractivity contribution in [3.8, 4) is 0 Å². The second-order valence-corrected chi connectivity index (χ2v) is 6.49. The lowest BCUT2D eigenvalue weighted by Gasteiger charge is -2.15. The van der Waals surface area contributed by atoms with E-state index in [1.54, 1.807) is 4.90 Å². The van der Waals surface area contributed by atoms with Crippen molar-refractivity contribution in [2.24, 2.45) is 0 Å². The van der Waals surface area contributed by atoms with Gasteiger partial charge in [0.15, 0.2) is 0 Å². The van der Waals surface area contributed by atoms with Crippen LogP contribution in [0.3, 0.4) is 0 Å². The van der Waals surface area contributed by atoms with Crippen LogP contribution in [-0.2, 0) is 0 Å². The number of thiophene rings is 1. The summed E-state index contributed by atoms with van der Waals surface area (Å²) in [6, 6.07) is 7.85. The van der Waals surface area contributed by atoms with Crippen molar-refractivity contribution in [3.63, 3.8) is 0 Å². The van der Waals surface area contributed by atoms with Crippen LogP contribution in [0.5, 0.6) is 0 Å². The highest BCUT2D eigenvalue weighted by molar-refractivity contribution is 7.21. The lowest BCUT2D eigenvalue weighted by Crippen LogP contribution is -3.11. The zero-order chi connectivity index (χ0) is 15.2. The molecule has 0 aliphatic heterocycles. The van der Waals surface area contributed by atoms with Crippen LogP contribution in [0.2, 0.25) is 5.02 Å². The Labute approximate surface area is 147 Å². The molecule has 1 heterocycles. The van der Waals surface area contributed by atoms with E-state index in [2.05, 4.69) is 19.2 Å². The van der Waals surface area contributed by atoms with Crippen molar-refractivity contribution >= 4 is 38.9 Å². The molecular weight excluding hydrogens is 339 g/mol. The first-order chi connectivity index (χ1) is 10.2. The molecule has 2 N–H and O–H groups in total. The van der Waals surface area contributed by atoms with E-state index in [1.807, 2.05) is 24.3 Å². The van der Waals surface area contributed by atoms with Gasteiger partial charge in [-0.3, -0.25) is 4.79 Å². The fourth-order valence-corrected chi connectivity index (χ4v) is 3.82. The Morgan fingerprint density at radius 1 is 1.27 bits per heavy atom. The van der Waals surface area contributed by atoms with Crippen LogP contribution >= 0.6 is 22.9 Å². The number of benzene rings is 1. The Morgan fingerprint density at radius 2 is 1.95 bits per heavy atom. The number of halogens is 2. The van der Waals surface area contributed by atoms with Crippen LogP contribution in [0.1, 0.15) is 29.9 Å². The fraction of sp³-hybridized carbons (Fsp3) is 0.438. The summed E-state index contributed by atoms with van der Waals surface area (Å²) in [7, 11) is 0. The van der Waals surface area contributed by atoms with E-state index >= 15 is 0 Å². The number of fused-ring (bicyclic) bond motifs is 1. The number of quaternary nitrogens is 1. The molecule has 1 aromatic heterocycles. The minimum absolute atomic E-state index is 0. The molecule has 1 aromatic carbocycles. The number of nitrogens with one attached hydrogen (secondary N) is 2. The Hall–Kier alpha value is -0.810. The molecule has 0 saturated carbocycles. The molecule has 2 aromatic rings. The molecule has 0 unspecified atom stereocenters. The molecule has 1 amide bonds. The van der Waals surface area contributed by atoms with Gasteiger partial charge in [-0.1, -0.05) is 29.8 Å². The van der Waals surface area contributed by atoms with Gasteiger partial charge in [-0.2, -0.15) is 0 Å². The van der Waals surface area contributed by atoms with Gasteiger partial charge in [0.05, 0.1) is 24.7 Å². The van der Waals surface area contributed by atoms with Gasteiger partial charge in [0.25, 0.3) is 5.91 Å². The van der Waals surface area contributed by atoms with Crippen molar-refractivity contribution in [3.05, 3.63) is 34.2 Å². The van der Waals surface area contributed by atoms with Gasteiger partial charge >= 0.3 is 0 Å². The molecule has 6 heteroatoms. The molecular formula is C16H22Cl2N2OS. The van der Waals surface area contributed by atoms with Gasteiger partial charge < -0.3 is 22.6 Å². The molecule has 22 heavy (non-hydrogen) atoms. The average molecular weight is 361 g/mol. The van der Waals surface area contributed by atoms with Gasteiger partial charge in [-0.05, 0) is 19.9 Å². The number of carbonyl (C=O) groups excluding carboxylic acids is 1. The van der Waals surface area contributed by atoms with Crippen LogP contribution in [0.15, 0.2) is 24.3 Å². The lowest BCUT2D eigenvalue weighted by atomic mass is 10.2. The summed E-state index contributed by atoms with van der Waals surface area (Å²) in [4.78, 5) is 14.4. The lowest BCUT2D eigenvalue weighted by molar-refractivity contribution is -0.896. The van der Waals surface area contributed by atoms with E-state index in [0.29, 0.717) is 16.4 Å². The highest BCUT2D eigenvalue weighted by atomic mass is 35.5. The number of hydrogen-bond acceptors (Lipinski definition) is 2. The summed E-state index contributed by atoms with van der Waals surface area (Å²) in [5.41, 5.74) is 0. The summed E-state index contributed by atoms with van der Waals surface area (Å²) in [5.74, 6) is -0.0595. The van der Waals surface area contributed by atoms with Crippen molar-refractivity contribution < 1.29 is 22.1 Å². The second-order valence-electron chi connectivity index (χ2n) is 5.06. The van der Waals surface area contributed by atoms with Crippen molar-refractivity contribution in [1.29, 1.82) is 0 Å². The van der Waals surface area contributed by atoms with Gasteiger partial charge in [0.1, 0.15) is 4.88 Å². The van der Waals surface area contributed by atoms with Crippen molar-refractivity contribution in [1.82, 2.24) is 5.32 Å². The topological polar surface area (TPSA) is 33.5 Å². The number of amides is 1. The SMILES string of the molecule is CC[NH+](CC)CCCNC(=O)c1sc2ccccc2c1Cl.[Cl-]. The van der Waals surface area contributed by atoms with E-state index in [-0.39, 0.29) is 18.3 Å². The second kappa shape index (κ2) is 9.36. The monoisotopic (exact) mass is 360 g/mol.